The second-order valence-electron chi connectivity index (χ2n) is 18.0. The number of rotatable bonds is 11. The number of aliphatic hydroxyl groups is 3. The van der Waals surface area contributed by atoms with Crippen molar-refractivity contribution in [3.05, 3.63) is 107 Å². The Labute approximate surface area is 377 Å². The van der Waals surface area contributed by atoms with E-state index >= 15 is 4.79 Å². The molecule has 350 valence electrons. The van der Waals surface area contributed by atoms with E-state index < -0.39 is 119 Å². The maximum atomic E-state index is 15.7. The highest BCUT2D eigenvalue weighted by Gasteiger charge is 2.72. The van der Waals surface area contributed by atoms with Crippen LogP contribution in [0.5, 0.6) is 0 Å². The molecule has 16 heteroatoms. The molecule has 2 bridgehead atoms. The maximum absolute atomic E-state index is 15.7. The summed E-state index contributed by atoms with van der Waals surface area (Å²) in [6.45, 7) is 10.4. The third-order valence-electron chi connectivity index (χ3n) is 13.9. The minimum atomic E-state index is -2.37. The van der Waals surface area contributed by atoms with Gasteiger partial charge in [0.2, 0.25) is 5.91 Å². The number of hydrogen-bond donors (Lipinski definition) is 4. The van der Waals surface area contributed by atoms with E-state index in [1.54, 1.807) is 94.5 Å². The number of nitrogens with one attached hydrogen (secondary N) is 1. The van der Waals surface area contributed by atoms with Crippen molar-refractivity contribution in [3.63, 3.8) is 0 Å². The lowest BCUT2D eigenvalue weighted by Gasteiger charge is -2.60. The summed E-state index contributed by atoms with van der Waals surface area (Å²) in [7, 11) is 1.12. The highest BCUT2D eigenvalue weighted by Crippen LogP contribution is 2.62. The first-order valence-electron chi connectivity index (χ1n) is 21.7. The average molecular weight is 902 g/mol. The Morgan fingerprint density at radius 1 is 0.923 bits per heavy atom. The standard InChI is InChI=1S/C49H59NO15/c1-9-10-17-26(2)43(55)50-38(29-18-13-11-14-19-29)39(53)45(57)63-32-24-49(59)42(65-44(56)30-20-15-12-16-21-30)37-35-31(61-25-33(35)64-46(58)60-8)22-23-34(52)48(37,7)41(54)40(62-28(4)51)36(27(32)3)47(49,5)6/h9-21,31-35,37-40,42,52-53,59H,22-25H2,1-8H3,(H,50,55)/b10-9-,26-17+/t31-,32+,33+,34+,35?,37+,38+,39-,40-,42+,48-,49-/m1/s1. The van der Waals surface area contributed by atoms with Gasteiger partial charge in [0.25, 0.3) is 0 Å². The topological polar surface area (TPSA) is 231 Å². The van der Waals surface area contributed by atoms with Crippen LogP contribution in [0.4, 0.5) is 4.79 Å². The fraction of sp³-hybridized carbons (Fsp3) is 0.510. The number of ketones is 1. The monoisotopic (exact) mass is 901 g/mol. The van der Waals surface area contributed by atoms with E-state index in [0.29, 0.717) is 5.56 Å². The van der Waals surface area contributed by atoms with E-state index in [1.807, 2.05) is 0 Å². The first-order valence-corrected chi connectivity index (χ1v) is 21.7. The maximum Gasteiger partial charge on any atom is 0.508 e. The summed E-state index contributed by atoms with van der Waals surface area (Å²) >= 11 is 0. The summed E-state index contributed by atoms with van der Waals surface area (Å²) in [4.78, 5) is 83.8. The molecule has 2 aromatic carbocycles. The van der Waals surface area contributed by atoms with E-state index in [4.69, 9.17) is 28.4 Å². The molecular weight excluding hydrogens is 843 g/mol. The Hall–Kier alpha value is -5.68. The number of fused-ring (bicyclic) bond motifs is 5. The quantitative estimate of drug-likeness (QED) is 0.0781. The van der Waals surface area contributed by atoms with Gasteiger partial charge in [0, 0.05) is 36.2 Å². The molecule has 0 radical (unpaired) electrons. The van der Waals surface area contributed by atoms with Crippen LogP contribution in [0.3, 0.4) is 0 Å². The Balaban J connectivity index is 1.55. The number of aliphatic hydroxyl groups excluding tert-OH is 2. The van der Waals surface area contributed by atoms with Gasteiger partial charge >= 0.3 is 24.1 Å². The zero-order valence-electron chi connectivity index (χ0n) is 37.8. The second-order valence-corrected chi connectivity index (χ2v) is 18.0. The van der Waals surface area contributed by atoms with E-state index in [1.165, 1.54) is 26.0 Å². The smallest absolute Gasteiger partial charge is 0.456 e. The van der Waals surface area contributed by atoms with Crippen molar-refractivity contribution < 1.29 is 72.5 Å². The molecule has 4 N–H and O–H groups in total. The first kappa shape index (κ1) is 48.8. The number of carbonyl (C=O) groups excluding carboxylic acids is 6. The SMILES string of the molecule is C/C=C\C=C(/C)C(=O)N[C@@H](c1ccccc1)[C@@H](O)C(=O)O[C@H]1C[C@@]2(O)[C@@H](OC(=O)c3ccccc3)[C@@H]3C4[C@@H](OC(=O)OC)CO[C@@H]4CC[C@H](O)[C@@]3(C)C(=O)[C@H](OC(C)=O)C(=C1C)C2(C)C. The molecule has 2 saturated carbocycles. The molecule has 6 rings (SSSR count). The molecule has 3 fully saturated rings. The van der Waals surface area contributed by atoms with E-state index in [9.17, 15) is 39.3 Å². The Kier molecular flexibility index (Phi) is 14.6. The average Bonchev–Trinajstić information content (AvgIpc) is 3.62. The van der Waals surface area contributed by atoms with Crippen LogP contribution < -0.4 is 5.32 Å². The number of benzene rings is 2. The van der Waals surface area contributed by atoms with E-state index in [2.05, 4.69) is 5.32 Å². The van der Waals surface area contributed by atoms with Gasteiger partial charge in [0.05, 0.1) is 42.9 Å². The molecule has 1 unspecified atom stereocenters. The highest BCUT2D eigenvalue weighted by atomic mass is 16.7. The van der Waals surface area contributed by atoms with Crippen molar-refractivity contribution in [1.29, 1.82) is 0 Å². The van der Waals surface area contributed by atoms with Crippen molar-refractivity contribution >= 4 is 35.8 Å². The predicted molar refractivity (Wildman–Crippen MR) is 231 cm³/mol. The molecule has 65 heavy (non-hydrogen) atoms. The summed E-state index contributed by atoms with van der Waals surface area (Å²) in [6.07, 6.45) is -7.13. The lowest BCUT2D eigenvalue weighted by Crippen LogP contribution is -2.71. The van der Waals surface area contributed by atoms with Crippen molar-refractivity contribution in [2.24, 2.45) is 22.7 Å². The fourth-order valence-corrected chi connectivity index (χ4v) is 10.4. The van der Waals surface area contributed by atoms with Crippen LogP contribution in [-0.2, 0) is 47.6 Å². The molecule has 16 nitrogen and oxygen atoms in total. The molecule has 0 aromatic heterocycles. The number of allylic oxidation sites excluding steroid dienone is 3. The van der Waals surface area contributed by atoms with Crippen LogP contribution in [0.2, 0.25) is 0 Å². The summed E-state index contributed by atoms with van der Waals surface area (Å²) in [5, 5.41) is 40.6. The van der Waals surface area contributed by atoms with Crippen LogP contribution in [0.15, 0.2) is 95.6 Å². The van der Waals surface area contributed by atoms with Gasteiger partial charge in [-0.2, -0.15) is 0 Å². The van der Waals surface area contributed by atoms with Crippen molar-refractivity contribution in [2.75, 3.05) is 13.7 Å². The van der Waals surface area contributed by atoms with Crippen LogP contribution in [0.25, 0.3) is 0 Å². The normalized spacial score (nSPS) is 31.7. The zero-order valence-corrected chi connectivity index (χ0v) is 37.8. The molecule has 1 aliphatic heterocycles. The third kappa shape index (κ3) is 9.13. The number of Topliss-reactive ketones (excluding diaryl/α,β-unsaturated/α-hetero) is 1. The van der Waals surface area contributed by atoms with Gasteiger partial charge in [0.15, 0.2) is 18.0 Å². The minimum absolute atomic E-state index is 0.00913. The third-order valence-corrected chi connectivity index (χ3v) is 13.9. The number of carbonyl (C=O) groups is 6. The first-order chi connectivity index (χ1) is 30.7. The van der Waals surface area contributed by atoms with Crippen molar-refractivity contribution in [3.8, 4) is 0 Å². The molecular formula is C49H59NO15. The highest BCUT2D eigenvalue weighted by molar-refractivity contribution is 5.96. The molecule has 12 atom stereocenters. The van der Waals surface area contributed by atoms with Gasteiger partial charge in [-0.1, -0.05) is 80.6 Å². The van der Waals surface area contributed by atoms with Gasteiger partial charge in [-0.3, -0.25) is 14.4 Å². The summed E-state index contributed by atoms with van der Waals surface area (Å²) in [6, 6.07) is 14.8. The number of esters is 3. The number of amides is 1. The number of ether oxygens (including phenoxy) is 6. The second kappa shape index (κ2) is 19.4. The van der Waals surface area contributed by atoms with Crippen LogP contribution in [0.1, 0.15) is 89.7 Å². The number of hydrogen-bond acceptors (Lipinski definition) is 15. The summed E-state index contributed by atoms with van der Waals surface area (Å²) in [5.41, 5.74) is -5.14. The lowest BCUT2D eigenvalue weighted by atomic mass is 9.48. The summed E-state index contributed by atoms with van der Waals surface area (Å²) in [5.74, 6) is -6.92. The number of methoxy groups -OCH3 is 1. The zero-order chi connectivity index (χ0) is 47.6. The molecule has 4 aliphatic rings. The van der Waals surface area contributed by atoms with Gasteiger partial charge < -0.3 is 49.1 Å². The minimum Gasteiger partial charge on any atom is -0.456 e. The molecule has 0 spiro atoms. The Morgan fingerprint density at radius 3 is 2.18 bits per heavy atom. The molecule has 1 saturated heterocycles. The largest absolute Gasteiger partial charge is 0.508 e. The Morgan fingerprint density at radius 2 is 1.57 bits per heavy atom. The lowest BCUT2D eigenvalue weighted by molar-refractivity contribution is -0.227. The van der Waals surface area contributed by atoms with Gasteiger partial charge in [-0.05, 0) is 69.4 Å². The van der Waals surface area contributed by atoms with Gasteiger partial charge in [-0.25, -0.2) is 14.4 Å². The van der Waals surface area contributed by atoms with Crippen molar-refractivity contribution in [1.82, 2.24) is 5.32 Å². The van der Waals surface area contributed by atoms with Crippen LogP contribution in [-0.4, -0.2) is 113 Å². The molecule has 1 heterocycles. The predicted octanol–water partition coefficient (Wildman–Crippen LogP) is 4.80. The van der Waals surface area contributed by atoms with Crippen molar-refractivity contribution in [2.45, 2.75) is 122 Å². The fourth-order valence-electron chi connectivity index (χ4n) is 10.4. The van der Waals surface area contributed by atoms with E-state index in [-0.39, 0.29) is 41.7 Å². The van der Waals surface area contributed by atoms with Crippen LogP contribution >= 0.6 is 0 Å². The van der Waals surface area contributed by atoms with Gasteiger partial charge in [-0.15, -0.1) is 0 Å². The van der Waals surface area contributed by atoms with Gasteiger partial charge in [0.1, 0.15) is 23.9 Å². The Bertz CT molecular complexity index is 2240. The molecule has 3 aliphatic carbocycles. The molecule has 1 amide bonds. The van der Waals surface area contributed by atoms with E-state index in [0.717, 1.165) is 14.0 Å². The van der Waals surface area contributed by atoms with Crippen LogP contribution in [0, 0.1) is 22.7 Å². The molecule has 2 aromatic rings. The summed E-state index contributed by atoms with van der Waals surface area (Å²) < 4.78 is 35.3.